The van der Waals surface area contributed by atoms with Gasteiger partial charge in [-0.15, -0.1) is 0 Å². The van der Waals surface area contributed by atoms with Gasteiger partial charge in [-0.25, -0.2) is 0 Å². The molecule has 3 heteroatoms. The van der Waals surface area contributed by atoms with Crippen molar-refractivity contribution >= 4 is 5.91 Å². The summed E-state index contributed by atoms with van der Waals surface area (Å²) in [5.41, 5.74) is -0.299. The molecule has 0 aromatic heterocycles. The summed E-state index contributed by atoms with van der Waals surface area (Å²) in [5.74, 6) is -0.284. The summed E-state index contributed by atoms with van der Waals surface area (Å²) in [6.45, 7) is 4.02. The van der Waals surface area contributed by atoms with E-state index in [1.807, 2.05) is 20.8 Å². The predicted molar refractivity (Wildman–Crippen MR) is 55.6 cm³/mol. The third kappa shape index (κ3) is 9.08. The topological polar surface area (TPSA) is 32.3 Å². The molecule has 0 heterocycles. The van der Waals surface area contributed by atoms with Gasteiger partial charge in [0.05, 0.1) is 0 Å². The van der Waals surface area contributed by atoms with E-state index < -0.39 is 6.50 Å². The summed E-state index contributed by atoms with van der Waals surface area (Å²) in [6, 6.07) is 0. The lowest BCUT2D eigenvalue weighted by molar-refractivity contribution is -0.117. The summed E-state index contributed by atoms with van der Waals surface area (Å²) in [4.78, 5) is 12.7. The van der Waals surface area contributed by atoms with Crippen LogP contribution >= 0.6 is 0 Å². The van der Waals surface area contributed by atoms with E-state index in [9.17, 15) is 4.79 Å². The van der Waals surface area contributed by atoms with E-state index in [-0.39, 0.29) is 11.4 Å². The third-order valence-corrected chi connectivity index (χ3v) is 1.07. The van der Waals surface area contributed by atoms with Crippen molar-refractivity contribution in [3.63, 3.8) is 0 Å². The Morgan fingerprint density at radius 1 is 1.54 bits per heavy atom. The number of carbonyl (C=O) groups is 1. The number of hydrogen-bond acceptors (Lipinski definition) is 2. The van der Waals surface area contributed by atoms with E-state index in [0.717, 1.165) is 0 Å². The average molecular weight is 186 g/mol. The molecule has 0 bridgehead atoms. The minimum absolute atomic E-state index is 0.284. The van der Waals surface area contributed by atoms with Gasteiger partial charge in [0.15, 0.2) is 0 Å². The molecule has 76 valence electrons. The molecule has 1 amide bonds. The van der Waals surface area contributed by atoms with Crippen molar-refractivity contribution in [3.8, 4) is 0 Å². The Labute approximate surface area is 83.6 Å². The van der Waals surface area contributed by atoms with E-state index in [1.165, 1.54) is 17.1 Å². The summed E-state index contributed by atoms with van der Waals surface area (Å²) in [7, 11) is 3.23. The van der Waals surface area contributed by atoms with Gasteiger partial charge in [-0.1, -0.05) is 6.08 Å². The van der Waals surface area contributed by atoms with Crippen LogP contribution in [0.5, 0.6) is 0 Å². The van der Waals surface area contributed by atoms with Crippen LogP contribution < -0.4 is 5.32 Å². The molecular weight excluding hydrogens is 164 g/mol. The van der Waals surface area contributed by atoms with E-state index in [0.29, 0.717) is 0 Å². The van der Waals surface area contributed by atoms with Gasteiger partial charge in [0.2, 0.25) is 5.91 Å². The molecule has 0 aliphatic carbocycles. The van der Waals surface area contributed by atoms with Crippen LogP contribution in [-0.2, 0) is 4.79 Å². The number of likely N-dealkylation sites (N-methyl/N-ethyl adjacent to an activating group) is 1. The molecule has 0 aromatic carbocycles. The Kier molecular flexibility index (Phi) is 3.38. The van der Waals surface area contributed by atoms with Gasteiger partial charge in [0.1, 0.15) is 0 Å². The summed E-state index contributed by atoms with van der Waals surface area (Å²) in [5, 5.41) is 2.72. The number of nitrogens with zero attached hydrogens (tertiary/aromatic N) is 1. The lowest BCUT2D eigenvalue weighted by Gasteiger charge is -2.19. The minimum atomic E-state index is -1.60. The van der Waals surface area contributed by atoms with Gasteiger partial charge in [-0.2, -0.15) is 0 Å². The first kappa shape index (κ1) is 8.75. The Morgan fingerprint density at radius 3 is 2.46 bits per heavy atom. The van der Waals surface area contributed by atoms with Gasteiger partial charge in [0.25, 0.3) is 0 Å². The number of hydrogen-bond donors (Lipinski definition) is 1. The molecule has 3 nitrogen and oxygen atoms in total. The zero-order chi connectivity index (χ0) is 12.3. The molecule has 13 heavy (non-hydrogen) atoms. The zero-order valence-electron chi connectivity index (χ0n) is 11.0. The Hall–Kier alpha value is -0.830. The second-order valence-electron chi connectivity index (χ2n) is 4.10. The predicted octanol–water partition coefficient (Wildman–Crippen LogP) is 1.02. The highest BCUT2D eigenvalue weighted by Gasteiger charge is 2.10. The molecule has 0 aliphatic heterocycles. The van der Waals surface area contributed by atoms with Gasteiger partial charge in [0, 0.05) is 20.9 Å². The van der Waals surface area contributed by atoms with Gasteiger partial charge >= 0.3 is 0 Å². The summed E-state index contributed by atoms with van der Waals surface area (Å²) >= 11 is 0. The Bertz CT molecular complexity index is 255. The quantitative estimate of drug-likeness (QED) is 0.667. The fourth-order valence-corrected chi connectivity index (χ4v) is 0.673. The minimum Gasteiger partial charge on any atom is -0.348 e. The maximum Gasteiger partial charge on any atom is 0.244 e. The Morgan fingerprint density at radius 2 is 2.08 bits per heavy atom. The second kappa shape index (κ2) is 5.02. The van der Waals surface area contributed by atoms with Gasteiger partial charge in [-0.05, 0) is 34.9 Å². The van der Waals surface area contributed by atoms with Crippen molar-refractivity contribution in [1.82, 2.24) is 10.2 Å². The number of amides is 1. The number of rotatable bonds is 3. The molecule has 0 unspecified atom stereocenters. The monoisotopic (exact) mass is 186 g/mol. The smallest absolute Gasteiger partial charge is 0.244 e. The maximum absolute atomic E-state index is 11.3. The number of nitrogens with one attached hydrogen (secondary N) is 1. The molecule has 0 fully saturated rings. The van der Waals surface area contributed by atoms with Crippen LogP contribution in [0, 0.1) is 0 Å². The molecular formula is C10H20N2O. The molecule has 0 aliphatic rings. The zero-order valence-corrected chi connectivity index (χ0v) is 9.01. The first-order chi connectivity index (χ1) is 6.54. The number of carbonyl (C=O) groups excluding carboxylic acids is 1. The molecule has 0 saturated heterocycles. The summed E-state index contributed by atoms with van der Waals surface area (Å²) in [6.07, 6.45) is 2.47. The van der Waals surface area contributed by atoms with E-state index in [2.05, 4.69) is 5.32 Å². The van der Waals surface area contributed by atoms with Crippen molar-refractivity contribution in [2.75, 3.05) is 20.6 Å². The SMILES string of the molecule is [2H]C([2H])(/C=C/C(=O)NC(C)(C)C)N(C)C. The molecule has 0 rings (SSSR count). The molecule has 0 saturated carbocycles. The third-order valence-electron chi connectivity index (χ3n) is 1.07. The highest BCUT2D eigenvalue weighted by molar-refractivity contribution is 5.87. The maximum atomic E-state index is 11.3. The average Bonchev–Trinajstić information content (AvgIpc) is 1.97. The highest BCUT2D eigenvalue weighted by Crippen LogP contribution is 1.97. The van der Waals surface area contributed by atoms with Crippen molar-refractivity contribution < 1.29 is 7.54 Å². The van der Waals surface area contributed by atoms with Crippen molar-refractivity contribution in [2.24, 2.45) is 0 Å². The van der Waals surface area contributed by atoms with E-state index >= 15 is 0 Å². The van der Waals surface area contributed by atoms with Crippen LogP contribution in [0.3, 0.4) is 0 Å². The Balaban J connectivity index is 4.36. The fourth-order valence-electron chi connectivity index (χ4n) is 0.673. The van der Waals surface area contributed by atoms with Crippen molar-refractivity contribution in [3.05, 3.63) is 12.2 Å². The van der Waals surface area contributed by atoms with E-state index in [1.54, 1.807) is 14.1 Å². The standard InChI is InChI=1S/C10H20N2O/c1-10(2,3)11-9(13)7-6-8-12(4)5/h6-7H,8H2,1-5H3,(H,11,13)/b7-6+/i8D2. The van der Waals surface area contributed by atoms with Crippen LogP contribution in [0.1, 0.15) is 23.5 Å². The van der Waals surface area contributed by atoms with Crippen molar-refractivity contribution in [2.45, 2.75) is 26.3 Å². The van der Waals surface area contributed by atoms with Crippen LogP contribution in [-0.4, -0.2) is 36.9 Å². The van der Waals surface area contributed by atoms with Crippen LogP contribution in [0.2, 0.25) is 0 Å². The largest absolute Gasteiger partial charge is 0.348 e. The lowest BCUT2D eigenvalue weighted by atomic mass is 10.1. The van der Waals surface area contributed by atoms with Gasteiger partial charge < -0.3 is 10.2 Å². The molecule has 0 spiro atoms. The van der Waals surface area contributed by atoms with Crippen molar-refractivity contribution in [1.29, 1.82) is 0 Å². The van der Waals surface area contributed by atoms with Gasteiger partial charge in [-0.3, -0.25) is 4.79 Å². The first-order valence-corrected chi connectivity index (χ1v) is 4.23. The highest BCUT2D eigenvalue weighted by atomic mass is 16.1. The van der Waals surface area contributed by atoms with Crippen LogP contribution in [0.15, 0.2) is 12.2 Å². The normalized spacial score (nSPS) is 15.8. The fraction of sp³-hybridized carbons (Fsp3) is 0.700. The molecule has 0 aromatic rings. The molecule has 0 atom stereocenters. The lowest BCUT2D eigenvalue weighted by Crippen LogP contribution is -2.39. The van der Waals surface area contributed by atoms with Crippen LogP contribution in [0.4, 0.5) is 0 Å². The van der Waals surface area contributed by atoms with Crippen LogP contribution in [0.25, 0.3) is 0 Å². The molecule has 0 radical (unpaired) electrons. The molecule has 1 N–H and O–H groups in total. The van der Waals surface area contributed by atoms with E-state index in [4.69, 9.17) is 2.74 Å². The second-order valence-corrected chi connectivity index (χ2v) is 4.10. The summed E-state index contributed by atoms with van der Waals surface area (Å²) < 4.78 is 15.1. The first-order valence-electron chi connectivity index (χ1n) is 5.23.